The van der Waals surface area contributed by atoms with Crippen LogP contribution in [0.5, 0.6) is 11.5 Å². The van der Waals surface area contributed by atoms with Crippen molar-refractivity contribution in [3.05, 3.63) is 23.8 Å². The number of nitrogens with one attached hydrogen (secondary N) is 1. The Bertz CT molecular complexity index is 612. The van der Waals surface area contributed by atoms with E-state index in [1.807, 2.05) is 0 Å². The molecule has 0 aliphatic carbocycles. The molecule has 1 heterocycles. The number of nitrogens with zero attached hydrogens (tertiary/aromatic N) is 2. The Morgan fingerprint density at radius 2 is 1.84 bits per heavy atom. The monoisotopic (exact) mass is 349 g/mol. The zero-order valence-corrected chi connectivity index (χ0v) is 15.4. The predicted molar refractivity (Wildman–Crippen MR) is 95.2 cm³/mol. The molecular formula is C18H27N3O4. The minimum absolute atomic E-state index is 0.0178. The van der Waals surface area contributed by atoms with Crippen molar-refractivity contribution in [2.75, 3.05) is 47.9 Å². The van der Waals surface area contributed by atoms with Crippen LogP contribution in [0.1, 0.15) is 23.2 Å². The van der Waals surface area contributed by atoms with Gasteiger partial charge in [0.25, 0.3) is 5.91 Å². The van der Waals surface area contributed by atoms with Crippen molar-refractivity contribution >= 4 is 11.8 Å². The summed E-state index contributed by atoms with van der Waals surface area (Å²) >= 11 is 0. The average molecular weight is 349 g/mol. The van der Waals surface area contributed by atoms with Gasteiger partial charge in [-0.15, -0.1) is 0 Å². The summed E-state index contributed by atoms with van der Waals surface area (Å²) in [6.07, 6.45) is 1.92. The highest BCUT2D eigenvalue weighted by atomic mass is 16.5. The normalized spacial score (nSPS) is 15.5. The van der Waals surface area contributed by atoms with Gasteiger partial charge in [0.15, 0.2) is 11.5 Å². The molecule has 7 nitrogen and oxygen atoms in total. The fourth-order valence-corrected chi connectivity index (χ4v) is 2.95. The Morgan fingerprint density at radius 1 is 1.20 bits per heavy atom. The molecule has 7 heteroatoms. The van der Waals surface area contributed by atoms with Gasteiger partial charge in [-0.05, 0) is 51.2 Å². The third kappa shape index (κ3) is 4.85. The van der Waals surface area contributed by atoms with E-state index in [4.69, 9.17) is 9.47 Å². The van der Waals surface area contributed by atoms with Gasteiger partial charge in [0.05, 0.1) is 20.8 Å². The van der Waals surface area contributed by atoms with Gasteiger partial charge in [0, 0.05) is 18.7 Å². The maximum Gasteiger partial charge on any atom is 0.251 e. The molecule has 0 aromatic heterocycles. The standard InChI is InChI=1S/C18H27N3O4/c1-20-9-7-14(8-10-20)21(2)17(22)12-19-18(23)13-5-6-15(24-3)16(11-13)25-4/h5-6,11,14H,7-10,12H2,1-4H3,(H,19,23). The van der Waals surface area contributed by atoms with Crippen molar-refractivity contribution in [2.24, 2.45) is 0 Å². The second kappa shape index (κ2) is 8.71. The number of hydrogen-bond acceptors (Lipinski definition) is 5. The van der Waals surface area contributed by atoms with Gasteiger partial charge in [-0.3, -0.25) is 9.59 Å². The Hall–Kier alpha value is -2.28. The average Bonchev–Trinajstić information content (AvgIpc) is 2.65. The first-order chi connectivity index (χ1) is 12.0. The van der Waals surface area contributed by atoms with Crippen molar-refractivity contribution in [2.45, 2.75) is 18.9 Å². The minimum Gasteiger partial charge on any atom is -0.493 e. The van der Waals surface area contributed by atoms with Gasteiger partial charge in [-0.2, -0.15) is 0 Å². The molecule has 0 spiro atoms. The number of rotatable bonds is 6. The summed E-state index contributed by atoms with van der Waals surface area (Å²) in [6.45, 7) is 1.95. The molecule has 138 valence electrons. The highest BCUT2D eigenvalue weighted by Gasteiger charge is 2.24. The molecule has 1 aromatic carbocycles. The third-order valence-electron chi connectivity index (χ3n) is 4.68. The number of hydrogen-bond donors (Lipinski definition) is 1. The lowest BCUT2D eigenvalue weighted by molar-refractivity contribution is -0.131. The highest BCUT2D eigenvalue weighted by Crippen LogP contribution is 2.27. The summed E-state index contributed by atoms with van der Waals surface area (Å²) < 4.78 is 10.3. The van der Waals surface area contributed by atoms with E-state index in [9.17, 15) is 9.59 Å². The van der Waals surface area contributed by atoms with Crippen molar-refractivity contribution in [1.82, 2.24) is 15.1 Å². The molecule has 1 N–H and O–H groups in total. The summed E-state index contributed by atoms with van der Waals surface area (Å²) in [5.74, 6) is 0.636. The summed E-state index contributed by atoms with van der Waals surface area (Å²) in [6, 6.07) is 5.14. The first-order valence-corrected chi connectivity index (χ1v) is 8.40. The van der Waals surface area contributed by atoms with Gasteiger partial charge < -0.3 is 24.6 Å². The summed E-state index contributed by atoms with van der Waals surface area (Å²) in [4.78, 5) is 28.6. The fourth-order valence-electron chi connectivity index (χ4n) is 2.95. The van der Waals surface area contributed by atoms with Crippen LogP contribution in [0, 0.1) is 0 Å². The second-order valence-electron chi connectivity index (χ2n) is 6.29. The molecule has 0 saturated carbocycles. The van der Waals surface area contributed by atoms with E-state index in [1.54, 1.807) is 30.1 Å². The van der Waals surface area contributed by atoms with Gasteiger partial charge >= 0.3 is 0 Å². The van der Waals surface area contributed by atoms with Crippen LogP contribution >= 0.6 is 0 Å². The second-order valence-corrected chi connectivity index (χ2v) is 6.29. The zero-order valence-electron chi connectivity index (χ0n) is 15.4. The molecule has 0 atom stereocenters. The van der Waals surface area contributed by atoms with E-state index in [2.05, 4.69) is 17.3 Å². The van der Waals surface area contributed by atoms with Crippen LogP contribution in [0.15, 0.2) is 18.2 Å². The van der Waals surface area contributed by atoms with Gasteiger partial charge in [-0.1, -0.05) is 0 Å². The van der Waals surface area contributed by atoms with Crippen LogP contribution in [-0.2, 0) is 4.79 Å². The first-order valence-electron chi connectivity index (χ1n) is 8.40. The lowest BCUT2D eigenvalue weighted by Gasteiger charge is -2.35. The predicted octanol–water partition coefficient (Wildman–Crippen LogP) is 0.986. The SMILES string of the molecule is COc1ccc(C(=O)NCC(=O)N(C)C2CCN(C)CC2)cc1OC. The summed E-state index contributed by atoms with van der Waals surface area (Å²) in [7, 11) is 6.94. The third-order valence-corrected chi connectivity index (χ3v) is 4.68. The van der Waals surface area contributed by atoms with Crippen LogP contribution < -0.4 is 14.8 Å². The van der Waals surface area contributed by atoms with Crippen LogP contribution in [0.2, 0.25) is 0 Å². The number of carbonyl (C=O) groups is 2. The molecule has 1 aliphatic heterocycles. The van der Waals surface area contributed by atoms with E-state index in [-0.39, 0.29) is 24.4 Å². The molecule has 1 fully saturated rings. The quantitative estimate of drug-likeness (QED) is 0.829. The molecular weight excluding hydrogens is 322 g/mol. The van der Waals surface area contributed by atoms with Crippen LogP contribution in [0.4, 0.5) is 0 Å². The number of likely N-dealkylation sites (tertiary alicyclic amines) is 1. The molecule has 0 radical (unpaired) electrons. The van der Waals surface area contributed by atoms with Crippen molar-refractivity contribution in [1.29, 1.82) is 0 Å². The Balaban J connectivity index is 1.89. The minimum atomic E-state index is -0.314. The van der Waals surface area contributed by atoms with E-state index in [0.29, 0.717) is 17.1 Å². The highest BCUT2D eigenvalue weighted by molar-refractivity contribution is 5.97. The van der Waals surface area contributed by atoms with Crippen LogP contribution in [0.25, 0.3) is 0 Å². The number of benzene rings is 1. The number of amides is 2. The Morgan fingerprint density at radius 3 is 2.44 bits per heavy atom. The largest absolute Gasteiger partial charge is 0.493 e. The molecule has 2 rings (SSSR count). The lowest BCUT2D eigenvalue weighted by atomic mass is 10.0. The fraction of sp³-hybridized carbons (Fsp3) is 0.556. The van der Waals surface area contributed by atoms with Crippen molar-refractivity contribution < 1.29 is 19.1 Å². The maximum absolute atomic E-state index is 12.3. The van der Waals surface area contributed by atoms with Crippen molar-refractivity contribution in [3.63, 3.8) is 0 Å². The molecule has 1 saturated heterocycles. The summed E-state index contributed by atoms with van der Waals surface area (Å²) in [5.41, 5.74) is 0.424. The van der Waals surface area contributed by atoms with Crippen LogP contribution in [-0.4, -0.2) is 75.6 Å². The Kier molecular flexibility index (Phi) is 6.64. The molecule has 0 unspecified atom stereocenters. The first kappa shape index (κ1) is 19.1. The van der Waals surface area contributed by atoms with E-state index in [0.717, 1.165) is 25.9 Å². The Labute approximate surface area is 148 Å². The molecule has 0 bridgehead atoms. The van der Waals surface area contributed by atoms with E-state index >= 15 is 0 Å². The number of likely N-dealkylation sites (N-methyl/N-ethyl adjacent to an activating group) is 1. The molecule has 1 aromatic rings. The van der Waals surface area contributed by atoms with Crippen LogP contribution in [0.3, 0.4) is 0 Å². The lowest BCUT2D eigenvalue weighted by Crippen LogP contribution is -2.47. The maximum atomic E-state index is 12.3. The van der Waals surface area contributed by atoms with E-state index in [1.165, 1.54) is 14.2 Å². The number of carbonyl (C=O) groups excluding carboxylic acids is 2. The van der Waals surface area contributed by atoms with Crippen molar-refractivity contribution in [3.8, 4) is 11.5 Å². The summed E-state index contributed by atoms with van der Waals surface area (Å²) in [5, 5.41) is 2.68. The number of ether oxygens (including phenoxy) is 2. The molecule has 1 aliphatic rings. The van der Waals surface area contributed by atoms with Gasteiger partial charge in [-0.25, -0.2) is 0 Å². The molecule has 25 heavy (non-hydrogen) atoms. The zero-order chi connectivity index (χ0) is 18.4. The topological polar surface area (TPSA) is 71.1 Å². The number of methoxy groups -OCH3 is 2. The van der Waals surface area contributed by atoms with E-state index < -0.39 is 0 Å². The molecule has 2 amide bonds. The van der Waals surface area contributed by atoms with Gasteiger partial charge in [0.2, 0.25) is 5.91 Å². The van der Waals surface area contributed by atoms with Gasteiger partial charge in [0.1, 0.15) is 0 Å². The smallest absolute Gasteiger partial charge is 0.251 e. The number of piperidine rings is 1.